The Morgan fingerprint density at radius 1 is 1.14 bits per heavy atom. The SMILES string of the molecule is CC(C)(C)Cc1nc(-c2cccc(C(=O)NCCc3ccc(N)cc3)c2)no1.Cl. The van der Waals surface area contributed by atoms with Gasteiger partial charge in [0.2, 0.25) is 11.7 Å². The van der Waals surface area contributed by atoms with Crippen LogP contribution in [0, 0.1) is 5.41 Å². The second kappa shape index (κ2) is 9.56. The molecule has 29 heavy (non-hydrogen) atoms. The Balaban J connectivity index is 0.00000300. The quantitative estimate of drug-likeness (QED) is 0.586. The number of rotatable bonds is 6. The molecule has 1 aromatic heterocycles. The van der Waals surface area contributed by atoms with Crippen LogP contribution in [-0.2, 0) is 12.8 Å². The molecular formula is C22H27ClN4O2. The zero-order valence-electron chi connectivity index (χ0n) is 16.9. The lowest BCUT2D eigenvalue weighted by molar-refractivity contribution is 0.0954. The van der Waals surface area contributed by atoms with Gasteiger partial charge < -0.3 is 15.6 Å². The Bertz CT molecular complexity index is 946. The fourth-order valence-corrected chi connectivity index (χ4v) is 2.80. The van der Waals surface area contributed by atoms with Gasteiger partial charge in [-0.2, -0.15) is 4.98 Å². The molecule has 1 amide bonds. The first-order valence-corrected chi connectivity index (χ1v) is 9.36. The van der Waals surface area contributed by atoms with Crippen molar-refractivity contribution >= 4 is 24.0 Å². The standard InChI is InChI=1S/C22H26N4O2.ClH/c1-22(2,3)14-19-25-20(26-28-19)16-5-4-6-17(13-16)21(27)24-12-11-15-7-9-18(23)10-8-15;/h4-10,13H,11-12,14,23H2,1-3H3,(H,24,27);1H. The number of anilines is 1. The predicted octanol–water partition coefficient (Wildman–Crippen LogP) is 4.30. The second-order valence-electron chi connectivity index (χ2n) is 8.08. The first kappa shape index (κ1) is 22.4. The zero-order valence-corrected chi connectivity index (χ0v) is 17.8. The predicted molar refractivity (Wildman–Crippen MR) is 117 cm³/mol. The molecule has 0 radical (unpaired) electrons. The summed E-state index contributed by atoms with van der Waals surface area (Å²) in [6.07, 6.45) is 1.44. The zero-order chi connectivity index (χ0) is 20.1. The number of hydrogen-bond donors (Lipinski definition) is 2. The summed E-state index contributed by atoms with van der Waals surface area (Å²) in [5, 5.41) is 6.99. The molecular weight excluding hydrogens is 388 g/mol. The number of nitrogens with two attached hydrogens (primary N) is 1. The van der Waals surface area contributed by atoms with Gasteiger partial charge in [-0.05, 0) is 41.7 Å². The van der Waals surface area contributed by atoms with Crippen LogP contribution in [-0.4, -0.2) is 22.6 Å². The Labute approximate surface area is 177 Å². The van der Waals surface area contributed by atoms with E-state index in [0.29, 0.717) is 30.2 Å². The molecule has 0 saturated carbocycles. The summed E-state index contributed by atoms with van der Waals surface area (Å²) >= 11 is 0. The molecule has 0 unspecified atom stereocenters. The van der Waals surface area contributed by atoms with E-state index in [0.717, 1.165) is 23.2 Å². The van der Waals surface area contributed by atoms with Crippen molar-refractivity contribution in [2.75, 3.05) is 12.3 Å². The number of halogens is 1. The first-order valence-electron chi connectivity index (χ1n) is 9.36. The van der Waals surface area contributed by atoms with Crippen molar-refractivity contribution < 1.29 is 9.32 Å². The molecule has 0 atom stereocenters. The van der Waals surface area contributed by atoms with Gasteiger partial charge >= 0.3 is 0 Å². The van der Waals surface area contributed by atoms with Crippen LogP contribution < -0.4 is 11.1 Å². The Kier molecular flexibility index (Phi) is 7.40. The Hall–Kier alpha value is -2.86. The van der Waals surface area contributed by atoms with Crippen LogP contribution in [0.1, 0.15) is 42.6 Å². The van der Waals surface area contributed by atoms with Crippen molar-refractivity contribution in [3.63, 3.8) is 0 Å². The monoisotopic (exact) mass is 414 g/mol. The minimum atomic E-state index is -0.129. The third-order valence-corrected chi connectivity index (χ3v) is 4.21. The summed E-state index contributed by atoms with van der Waals surface area (Å²) in [6.45, 7) is 6.90. The van der Waals surface area contributed by atoms with Crippen LogP contribution in [0.25, 0.3) is 11.4 Å². The average Bonchev–Trinajstić information content (AvgIpc) is 3.10. The summed E-state index contributed by atoms with van der Waals surface area (Å²) in [5.74, 6) is 0.965. The molecule has 1 heterocycles. The molecule has 0 aliphatic carbocycles. The van der Waals surface area contributed by atoms with Gasteiger partial charge in [-0.15, -0.1) is 12.4 Å². The van der Waals surface area contributed by atoms with Crippen molar-refractivity contribution in [3.05, 3.63) is 65.5 Å². The van der Waals surface area contributed by atoms with E-state index in [1.807, 2.05) is 36.4 Å². The molecule has 0 fully saturated rings. The minimum absolute atomic E-state index is 0. The van der Waals surface area contributed by atoms with Gasteiger partial charge in [0, 0.05) is 29.8 Å². The highest BCUT2D eigenvalue weighted by Crippen LogP contribution is 2.22. The van der Waals surface area contributed by atoms with Crippen molar-refractivity contribution in [2.24, 2.45) is 5.41 Å². The molecule has 6 nitrogen and oxygen atoms in total. The van der Waals surface area contributed by atoms with Gasteiger partial charge in [-0.25, -0.2) is 0 Å². The highest BCUT2D eigenvalue weighted by atomic mass is 35.5. The van der Waals surface area contributed by atoms with Gasteiger partial charge in [0.25, 0.3) is 5.91 Å². The van der Waals surface area contributed by atoms with E-state index < -0.39 is 0 Å². The summed E-state index contributed by atoms with van der Waals surface area (Å²) in [5.41, 5.74) is 8.94. The summed E-state index contributed by atoms with van der Waals surface area (Å²) in [4.78, 5) is 16.9. The van der Waals surface area contributed by atoms with Crippen LogP contribution in [0.15, 0.2) is 53.1 Å². The lowest BCUT2D eigenvalue weighted by Crippen LogP contribution is -2.25. The van der Waals surface area contributed by atoms with Crippen LogP contribution in [0.3, 0.4) is 0 Å². The Morgan fingerprint density at radius 2 is 1.86 bits per heavy atom. The molecule has 0 spiro atoms. The fourth-order valence-electron chi connectivity index (χ4n) is 2.80. The second-order valence-corrected chi connectivity index (χ2v) is 8.08. The smallest absolute Gasteiger partial charge is 0.251 e. The molecule has 0 bridgehead atoms. The van der Waals surface area contributed by atoms with Crippen molar-refractivity contribution in [3.8, 4) is 11.4 Å². The Morgan fingerprint density at radius 3 is 2.55 bits per heavy atom. The minimum Gasteiger partial charge on any atom is -0.399 e. The van der Waals surface area contributed by atoms with E-state index in [1.165, 1.54) is 0 Å². The van der Waals surface area contributed by atoms with E-state index in [-0.39, 0.29) is 23.7 Å². The number of nitrogens with zero attached hydrogens (tertiary/aromatic N) is 2. The maximum absolute atomic E-state index is 12.5. The molecule has 0 saturated heterocycles. The van der Waals surface area contributed by atoms with Crippen LogP contribution in [0.2, 0.25) is 0 Å². The third kappa shape index (κ3) is 6.61. The van der Waals surface area contributed by atoms with Gasteiger partial charge in [-0.3, -0.25) is 4.79 Å². The number of benzene rings is 2. The van der Waals surface area contributed by atoms with Crippen molar-refractivity contribution in [1.29, 1.82) is 0 Å². The largest absolute Gasteiger partial charge is 0.399 e. The maximum Gasteiger partial charge on any atom is 0.251 e. The summed E-state index contributed by atoms with van der Waals surface area (Å²) < 4.78 is 5.35. The van der Waals surface area contributed by atoms with Gasteiger partial charge in [0.15, 0.2) is 0 Å². The number of aromatic nitrogens is 2. The fraction of sp³-hybridized carbons (Fsp3) is 0.318. The topological polar surface area (TPSA) is 94.0 Å². The van der Waals surface area contributed by atoms with Crippen molar-refractivity contribution in [1.82, 2.24) is 15.5 Å². The van der Waals surface area contributed by atoms with E-state index in [1.54, 1.807) is 12.1 Å². The van der Waals surface area contributed by atoms with E-state index in [2.05, 4.69) is 36.2 Å². The third-order valence-electron chi connectivity index (χ3n) is 4.21. The number of carbonyl (C=O) groups is 1. The molecule has 3 aromatic rings. The molecule has 3 N–H and O–H groups in total. The number of nitrogens with one attached hydrogen (secondary N) is 1. The summed E-state index contributed by atoms with van der Waals surface area (Å²) in [7, 11) is 0. The summed E-state index contributed by atoms with van der Waals surface area (Å²) in [6, 6.07) is 14.9. The van der Waals surface area contributed by atoms with E-state index in [4.69, 9.17) is 10.3 Å². The molecule has 2 aromatic carbocycles. The highest BCUT2D eigenvalue weighted by Gasteiger charge is 2.17. The van der Waals surface area contributed by atoms with Crippen LogP contribution >= 0.6 is 12.4 Å². The van der Waals surface area contributed by atoms with E-state index >= 15 is 0 Å². The van der Waals surface area contributed by atoms with Gasteiger partial charge in [-0.1, -0.05) is 50.2 Å². The number of amides is 1. The maximum atomic E-state index is 12.5. The normalized spacial score (nSPS) is 11.0. The average molecular weight is 415 g/mol. The molecule has 3 rings (SSSR count). The van der Waals surface area contributed by atoms with Gasteiger partial charge in [0.05, 0.1) is 0 Å². The molecule has 0 aliphatic rings. The van der Waals surface area contributed by atoms with Crippen molar-refractivity contribution in [2.45, 2.75) is 33.6 Å². The lowest BCUT2D eigenvalue weighted by atomic mass is 9.92. The van der Waals surface area contributed by atoms with Crippen LogP contribution in [0.5, 0.6) is 0 Å². The number of nitrogen functional groups attached to an aromatic ring is 1. The van der Waals surface area contributed by atoms with Gasteiger partial charge in [0.1, 0.15) is 0 Å². The molecule has 154 valence electrons. The lowest BCUT2D eigenvalue weighted by Gasteiger charge is -2.13. The number of hydrogen-bond acceptors (Lipinski definition) is 5. The van der Waals surface area contributed by atoms with E-state index in [9.17, 15) is 4.79 Å². The first-order chi connectivity index (χ1) is 13.3. The molecule has 0 aliphatic heterocycles. The highest BCUT2D eigenvalue weighted by molar-refractivity contribution is 5.95. The molecule has 7 heteroatoms. The number of carbonyl (C=O) groups excluding carboxylic acids is 1. The van der Waals surface area contributed by atoms with Crippen LogP contribution in [0.4, 0.5) is 5.69 Å².